The monoisotopic (exact) mass is 617 g/mol. The van der Waals surface area contributed by atoms with Gasteiger partial charge in [-0.05, 0) is 62.1 Å². The second-order valence-electron chi connectivity index (χ2n) is 11.3. The molecule has 0 saturated carbocycles. The summed E-state index contributed by atoms with van der Waals surface area (Å²) in [5.74, 6) is -0.274. The number of ether oxygens (including phenoxy) is 1. The maximum absolute atomic E-state index is 13.7. The summed E-state index contributed by atoms with van der Waals surface area (Å²) in [5.41, 5.74) is 2.35. The summed E-state index contributed by atoms with van der Waals surface area (Å²) >= 11 is 7.51. The second kappa shape index (κ2) is 10.9. The van der Waals surface area contributed by atoms with Gasteiger partial charge in [0.2, 0.25) is 0 Å². The van der Waals surface area contributed by atoms with E-state index in [4.69, 9.17) is 20.8 Å². The largest absolute Gasteiger partial charge is 0.507 e. The van der Waals surface area contributed by atoms with Crippen molar-refractivity contribution < 1.29 is 28.6 Å². The van der Waals surface area contributed by atoms with Crippen molar-refractivity contribution in [1.82, 2.24) is 0 Å². The van der Waals surface area contributed by atoms with E-state index in [0.29, 0.717) is 50.7 Å². The van der Waals surface area contributed by atoms with Gasteiger partial charge in [0.25, 0.3) is 11.8 Å². The van der Waals surface area contributed by atoms with Crippen molar-refractivity contribution in [1.29, 1.82) is 0 Å². The van der Waals surface area contributed by atoms with Crippen molar-refractivity contribution in [2.75, 3.05) is 28.0 Å². The molecule has 1 aliphatic heterocycles. The molecule has 0 unspecified atom stereocenters. The van der Waals surface area contributed by atoms with Gasteiger partial charge in [-0.1, -0.05) is 24.3 Å². The van der Waals surface area contributed by atoms with E-state index in [1.165, 1.54) is 11.3 Å². The van der Waals surface area contributed by atoms with Gasteiger partial charge in [-0.25, -0.2) is 4.79 Å². The molecule has 3 N–H and O–H groups in total. The molecular formula is C32H28ClN3O6S. The van der Waals surface area contributed by atoms with E-state index < -0.39 is 11.7 Å². The normalized spacial score (nSPS) is 14.6. The molecule has 0 bridgehead atoms. The van der Waals surface area contributed by atoms with Crippen molar-refractivity contribution in [2.45, 2.75) is 32.3 Å². The molecule has 0 spiro atoms. The molecule has 43 heavy (non-hydrogen) atoms. The Morgan fingerprint density at radius 2 is 1.81 bits per heavy atom. The number of carbonyl (C=O) groups excluding carboxylic acids is 3. The predicted molar refractivity (Wildman–Crippen MR) is 169 cm³/mol. The average molecular weight is 618 g/mol. The number of nitrogens with one attached hydrogen (secondary N) is 2. The van der Waals surface area contributed by atoms with Crippen LogP contribution in [-0.4, -0.2) is 41.0 Å². The summed E-state index contributed by atoms with van der Waals surface area (Å²) in [6.07, 6.45) is -0.603. The Kier molecular flexibility index (Phi) is 7.27. The lowest BCUT2D eigenvalue weighted by molar-refractivity contribution is 0.0635. The zero-order valence-corrected chi connectivity index (χ0v) is 25.1. The van der Waals surface area contributed by atoms with Gasteiger partial charge < -0.3 is 24.5 Å². The second-order valence-corrected chi connectivity index (χ2v) is 12.5. The summed E-state index contributed by atoms with van der Waals surface area (Å²) in [4.78, 5) is 40.6. The molecule has 5 aromatic rings. The Hall–Kier alpha value is -4.54. The quantitative estimate of drug-likeness (QED) is 0.172. The first kappa shape index (κ1) is 28.6. The Morgan fingerprint density at radius 3 is 2.56 bits per heavy atom. The molecule has 0 fully saturated rings. The van der Waals surface area contributed by atoms with Crippen molar-refractivity contribution in [3.63, 3.8) is 0 Å². The number of furan rings is 1. The number of thiophene rings is 1. The number of anilines is 3. The number of carbonyl (C=O) groups is 3. The Morgan fingerprint density at radius 1 is 1.05 bits per heavy atom. The molecule has 6 rings (SSSR count). The van der Waals surface area contributed by atoms with E-state index in [1.807, 2.05) is 24.3 Å². The number of alkyl halides is 1. The Bertz CT molecular complexity index is 1910. The minimum atomic E-state index is -0.639. The summed E-state index contributed by atoms with van der Waals surface area (Å²) < 4.78 is 11.2. The molecule has 0 aliphatic carbocycles. The van der Waals surface area contributed by atoms with E-state index >= 15 is 0 Å². The van der Waals surface area contributed by atoms with E-state index in [9.17, 15) is 19.5 Å². The molecular weight excluding hydrogens is 590 g/mol. The number of hydrogen-bond acceptors (Lipinski definition) is 7. The number of rotatable bonds is 5. The number of phenols is 1. The molecule has 2 aromatic heterocycles. The molecule has 1 aliphatic rings. The highest BCUT2D eigenvalue weighted by molar-refractivity contribution is 7.12. The average Bonchev–Trinajstić information content (AvgIpc) is 3.68. The molecule has 1 atom stereocenters. The first-order chi connectivity index (χ1) is 20.5. The van der Waals surface area contributed by atoms with Gasteiger partial charge in [-0.15, -0.1) is 22.9 Å². The van der Waals surface area contributed by atoms with Gasteiger partial charge in [0, 0.05) is 46.2 Å². The van der Waals surface area contributed by atoms with E-state index in [2.05, 4.69) is 10.6 Å². The van der Waals surface area contributed by atoms with Crippen LogP contribution in [0.5, 0.6) is 5.75 Å². The minimum Gasteiger partial charge on any atom is -0.507 e. The number of nitrogens with zero attached hydrogens (tertiary/aromatic N) is 1. The minimum absolute atomic E-state index is 0.0887. The molecule has 11 heteroatoms. The van der Waals surface area contributed by atoms with E-state index in [-0.39, 0.29) is 29.2 Å². The third kappa shape index (κ3) is 5.63. The summed E-state index contributed by atoms with van der Waals surface area (Å²) in [5, 5.41) is 20.0. The lowest BCUT2D eigenvalue weighted by Crippen LogP contribution is -2.29. The molecule has 3 heterocycles. The zero-order valence-electron chi connectivity index (χ0n) is 23.6. The summed E-state index contributed by atoms with van der Waals surface area (Å²) in [6, 6.07) is 17.4. The number of amides is 3. The van der Waals surface area contributed by atoms with Crippen molar-refractivity contribution in [3.8, 4) is 5.75 Å². The molecule has 9 nitrogen and oxygen atoms in total. The number of hydrogen-bond donors (Lipinski definition) is 3. The first-order valence-electron chi connectivity index (χ1n) is 13.6. The van der Waals surface area contributed by atoms with Crippen LogP contribution in [0.2, 0.25) is 0 Å². The van der Waals surface area contributed by atoms with E-state index in [0.717, 1.165) is 10.9 Å². The number of fused-ring (bicyclic) bond motifs is 4. The Labute approximate surface area is 256 Å². The van der Waals surface area contributed by atoms with Gasteiger partial charge in [-0.3, -0.25) is 14.9 Å². The van der Waals surface area contributed by atoms with Crippen LogP contribution < -0.4 is 15.5 Å². The van der Waals surface area contributed by atoms with Crippen LogP contribution in [-0.2, 0) is 4.74 Å². The highest BCUT2D eigenvalue weighted by Gasteiger charge is 2.36. The van der Waals surface area contributed by atoms with Crippen LogP contribution in [0.25, 0.3) is 21.7 Å². The van der Waals surface area contributed by atoms with Crippen LogP contribution in [0, 0.1) is 0 Å². The van der Waals surface area contributed by atoms with Crippen LogP contribution >= 0.6 is 22.9 Å². The van der Waals surface area contributed by atoms with Gasteiger partial charge in [0.05, 0.1) is 16.3 Å². The fourth-order valence-corrected chi connectivity index (χ4v) is 6.23. The van der Waals surface area contributed by atoms with Gasteiger partial charge in [0.1, 0.15) is 16.9 Å². The molecule has 220 valence electrons. The third-order valence-corrected chi connectivity index (χ3v) is 8.33. The number of benzene rings is 3. The lowest BCUT2D eigenvalue weighted by Gasteiger charge is -2.19. The number of halogens is 1. The van der Waals surface area contributed by atoms with Crippen LogP contribution in [0.1, 0.15) is 52.5 Å². The molecule has 3 aromatic carbocycles. The fourth-order valence-electron chi connectivity index (χ4n) is 5.24. The summed E-state index contributed by atoms with van der Waals surface area (Å²) in [7, 11) is 0. The topological polar surface area (TPSA) is 121 Å². The fraction of sp³-hybridized carbons (Fsp3) is 0.219. The van der Waals surface area contributed by atoms with Crippen LogP contribution in [0.4, 0.5) is 21.9 Å². The maximum Gasteiger partial charge on any atom is 0.412 e. The molecule has 3 amide bonds. The zero-order chi connectivity index (χ0) is 30.5. The summed E-state index contributed by atoms with van der Waals surface area (Å²) in [6.45, 7) is 5.66. The Balaban J connectivity index is 1.20. The first-order valence-corrected chi connectivity index (χ1v) is 15.0. The van der Waals surface area contributed by atoms with E-state index in [1.54, 1.807) is 67.4 Å². The van der Waals surface area contributed by atoms with Crippen LogP contribution in [0.15, 0.2) is 70.5 Å². The third-order valence-electron chi connectivity index (χ3n) is 7.03. The smallest absolute Gasteiger partial charge is 0.412 e. The van der Waals surface area contributed by atoms with Crippen molar-refractivity contribution >= 4 is 79.6 Å². The van der Waals surface area contributed by atoms with Gasteiger partial charge in [-0.2, -0.15) is 0 Å². The van der Waals surface area contributed by atoms with Gasteiger partial charge in [0.15, 0.2) is 5.76 Å². The lowest BCUT2D eigenvalue weighted by atomic mass is 9.95. The number of phenolic OH excluding ortho intramolecular Hbond substituents is 1. The van der Waals surface area contributed by atoms with Crippen LogP contribution in [0.3, 0.4) is 0 Å². The molecule has 0 radical (unpaired) electrons. The van der Waals surface area contributed by atoms with Gasteiger partial charge >= 0.3 is 6.09 Å². The highest BCUT2D eigenvalue weighted by Crippen LogP contribution is 2.45. The SMILES string of the molecule is CC(C)(C)OC(=O)Nc1csc(C(=O)Nc2ccc3oc(C(=O)N4C[C@@H](CCl)c5c4cc(O)c4ccccc54)cc3c2)c1. The highest BCUT2D eigenvalue weighted by atomic mass is 35.5. The predicted octanol–water partition coefficient (Wildman–Crippen LogP) is 7.94. The maximum atomic E-state index is 13.7. The molecule has 0 saturated heterocycles. The number of aromatic hydroxyl groups is 1. The van der Waals surface area contributed by atoms with Crippen molar-refractivity contribution in [3.05, 3.63) is 82.2 Å². The van der Waals surface area contributed by atoms with Crippen molar-refractivity contribution in [2.24, 2.45) is 0 Å². The standard InChI is InChI=1S/C32H28ClN3O6S/c1-32(2,3)42-31(40)35-20-12-27(43-16-20)29(38)34-19-8-9-25-17(10-19)11-26(41-25)30(39)36-15-18(14-33)28-22-7-5-4-6-21(22)24(37)13-23(28)36/h4-13,16,18,37H,14-15H2,1-3H3,(H,34,38)(H,35,40)/t18-/m1/s1.